The monoisotopic (exact) mass is 415 g/mol. The number of esters is 1. The number of azo groups is 1. The van der Waals surface area contributed by atoms with Crippen LogP contribution in [0.4, 0.5) is 15.8 Å². The molecule has 1 aromatic heterocycles. The molecule has 0 atom stereocenters. The number of aromatic nitrogens is 1. The summed E-state index contributed by atoms with van der Waals surface area (Å²) in [5, 5.41) is 19.3. The first kappa shape index (κ1) is 20.2. The fourth-order valence-electron chi connectivity index (χ4n) is 3.13. The van der Waals surface area contributed by atoms with E-state index >= 15 is 0 Å². The molecule has 0 aliphatic heterocycles. The predicted molar refractivity (Wildman–Crippen MR) is 115 cm³/mol. The molecule has 0 fully saturated rings. The summed E-state index contributed by atoms with van der Waals surface area (Å²) >= 11 is 0. The summed E-state index contributed by atoms with van der Waals surface area (Å²) in [5.74, 6) is -0.589. The molecule has 1 heterocycles. The van der Waals surface area contributed by atoms with E-state index in [4.69, 9.17) is 4.74 Å². The number of aromatic hydroxyl groups is 1. The number of nitrogens with zero attached hydrogens (tertiary/aromatic N) is 3. The number of carbonyl (C=O) groups excluding carboxylic acids is 1. The maximum Gasteiger partial charge on any atom is 0.343 e. The minimum atomic E-state index is -0.619. The third-order valence-corrected chi connectivity index (χ3v) is 4.71. The lowest BCUT2D eigenvalue weighted by Crippen LogP contribution is -2.08. The molecule has 0 bridgehead atoms. The van der Waals surface area contributed by atoms with Crippen molar-refractivity contribution in [2.75, 3.05) is 0 Å². The van der Waals surface area contributed by atoms with E-state index in [1.807, 2.05) is 6.07 Å². The number of carbonyl (C=O) groups is 1. The second kappa shape index (κ2) is 8.31. The summed E-state index contributed by atoms with van der Waals surface area (Å²) in [5.41, 5.74) is 3.20. The second-order valence-electron chi connectivity index (χ2n) is 7.04. The van der Waals surface area contributed by atoms with Gasteiger partial charge in [-0.3, -0.25) is 4.98 Å². The van der Waals surface area contributed by atoms with Gasteiger partial charge in [0.2, 0.25) is 0 Å². The van der Waals surface area contributed by atoms with Crippen molar-refractivity contribution in [2.45, 2.75) is 13.8 Å². The van der Waals surface area contributed by atoms with Crippen LogP contribution < -0.4 is 4.74 Å². The first-order valence-corrected chi connectivity index (χ1v) is 9.49. The van der Waals surface area contributed by atoms with Crippen molar-refractivity contribution in [3.63, 3.8) is 0 Å². The Kier molecular flexibility index (Phi) is 5.41. The standard InChI is InChI=1S/C24H18FN3O3/c1-14-10-18(11-15(2)23(14)29)27-28-22-13-16(12-21-20(22)4-3-9-26-21)24(30)31-19-7-5-17(25)6-8-19/h3-13,29H,1-2H3. The summed E-state index contributed by atoms with van der Waals surface area (Å²) in [6.07, 6.45) is 1.62. The average molecular weight is 415 g/mol. The highest BCUT2D eigenvalue weighted by molar-refractivity contribution is 6.00. The predicted octanol–water partition coefficient (Wildman–Crippen LogP) is 6.33. The molecule has 0 aliphatic rings. The molecule has 1 N–H and O–H groups in total. The summed E-state index contributed by atoms with van der Waals surface area (Å²) in [7, 11) is 0. The zero-order chi connectivity index (χ0) is 22.0. The van der Waals surface area contributed by atoms with Crippen LogP contribution in [0, 0.1) is 19.7 Å². The third-order valence-electron chi connectivity index (χ3n) is 4.71. The Balaban J connectivity index is 1.71. The van der Waals surface area contributed by atoms with Crippen LogP contribution in [-0.2, 0) is 0 Å². The Morgan fingerprint density at radius 3 is 2.42 bits per heavy atom. The van der Waals surface area contributed by atoms with Crippen LogP contribution in [0.25, 0.3) is 10.9 Å². The Labute approximate surface area is 177 Å². The highest BCUT2D eigenvalue weighted by atomic mass is 19.1. The summed E-state index contributed by atoms with van der Waals surface area (Å²) < 4.78 is 18.4. The number of pyridine rings is 1. The smallest absolute Gasteiger partial charge is 0.343 e. The van der Waals surface area contributed by atoms with Crippen LogP contribution in [-0.4, -0.2) is 16.1 Å². The van der Waals surface area contributed by atoms with Crippen LogP contribution in [0.5, 0.6) is 11.5 Å². The van der Waals surface area contributed by atoms with Crippen LogP contribution in [0.15, 0.2) is 77.1 Å². The minimum absolute atomic E-state index is 0.221. The fraction of sp³-hybridized carbons (Fsp3) is 0.0833. The number of fused-ring (bicyclic) bond motifs is 1. The van der Waals surface area contributed by atoms with E-state index in [0.717, 1.165) is 5.39 Å². The number of aryl methyl sites for hydroxylation is 2. The molecular formula is C24H18FN3O3. The van der Waals surface area contributed by atoms with E-state index < -0.39 is 11.8 Å². The lowest BCUT2D eigenvalue weighted by molar-refractivity contribution is 0.0734. The van der Waals surface area contributed by atoms with Crippen LogP contribution in [0.3, 0.4) is 0 Å². The van der Waals surface area contributed by atoms with Crippen molar-refractivity contribution in [3.8, 4) is 11.5 Å². The molecule has 0 spiro atoms. The molecule has 0 aliphatic carbocycles. The van der Waals surface area contributed by atoms with E-state index in [1.54, 1.807) is 50.4 Å². The van der Waals surface area contributed by atoms with Crippen molar-refractivity contribution in [1.29, 1.82) is 0 Å². The number of hydrogen-bond acceptors (Lipinski definition) is 6. The topological polar surface area (TPSA) is 84.1 Å². The molecule has 154 valence electrons. The number of halogens is 1. The van der Waals surface area contributed by atoms with Crippen molar-refractivity contribution < 1.29 is 19.0 Å². The van der Waals surface area contributed by atoms with E-state index in [9.17, 15) is 14.3 Å². The quantitative estimate of drug-likeness (QED) is 0.240. The maximum atomic E-state index is 13.1. The summed E-state index contributed by atoms with van der Waals surface area (Å²) in [6.45, 7) is 3.57. The van der Waals surface area contributed by atoms with E-state index in [-0.39, 0.29) is 17.1 Å². The van der Waals surface area contributed by atoms with Gasteiger partial charge in [0, 0.05) is 11.6 Å². The van der Waals surface area contributed by atoms with Gasteiger partial charge < -0.3 is 9.84 Å². The zero-order valence-corrected chi connectivity index (χ0v) is 16.8. The Hall–Kier alpha value is -4.13. The van der Waals surface area contributed by atoms with Gasteiger partial charge in [-0.15, -0.1) is 5.11 Å². The van der Waals surface area contributed by atoms with Gasteiger partial charge in [0.15, 0.2) is 0 Å². The fourth-order valence-corrected chi connectivity index (χ4v) is 3.13. The lowest BCUT2D eigenvalue weighted by Gasteiger charge is -2.07. The molecule has 0 saturated heterocycles. The van der Waals surface area contributed by atoms with Gasteiger partial charge in [-0.05, 0) is 85.6 Å². The molecule has 7 heteroatoms. The molecule has 31 heavy (non-hydrogen) atoms. The highest BCUT2D eigenvalue weighted by Gasteiger charge is 2.14. The molecule has 4 rings (SSSR count). The van der Waals surface area contributed by atoms with E-state index in [1.165, 1.54) is 24.3 Å². The van der Waals surface area contributed by atoms with Crippen LogP contribution in [0.2, 0.25) is 0 Å². The molecule has 0 saturated carbocycles. The second-order valence-corrected chi connectivity index (χ2v) is 7.04. The Bertz CT molecular complexity index is 1290. The van der Waals surface area contributed by atoms with Crippen molar-refractivity contribution >= 4 is 28.2 Å². The normalized spacial score (nSPS) is 11.2. The zero-order valence-electron chi connectivity index (χ0n) is 16.8. The number of rotatable bonds is 4. The Morgan fingerprint density at radius 2 is 1.71 bits per heavy atom. The van der Waals surface area contributed by atoms with Gasteiger partial charge in [0.05, 0.1) is 22.5 Å². The summed E-state index contributed by atoms with van der Waals surface area (Å²) in [4.78, 5) is 17.0. The number of phenols is 1. The van der Waals surface area contributed by atoms with Gasteiger partial charge in [0.25, 0.3) is 0 Å². The van der Waals surface area contributed by atoms with Gasteiger partial charge in [-0.25, -0.2) is 9.18 Å². The molecule has 6 nitrogen and oxygen atoms in total. The van der Waals surface area contributed by atoms with Crippen molar-refractivity contribution in [1.82, 2.24) is 4.98 Å². The molecule has 0 amide bonds. The molecule has 3 aromatic carbocycles. The SMILES string of the molecule is Cc1cc(N=Nc2cc(C(=O)Oc3ccc(F)cc3)cc3ncccc23)cc(C)c1O. The van der Waals surface area contributed by atoms with Gasteiger partial charge in [-0.2, -0.15) is 5.11 Å². The molecule has 0 radical (unpaired) electrons. The van der Waals surface area contributed by atoms with Crippen molar-refractivity contribution in [2.24, 2.45) is 10.2 Å². The third kappa shape index (κ3) is 4.40. The van der Waals surface area contributed by atoms with Crippen LogP contribution >= 0.6 is 0 Å². The highest BCUT2D eigenvalue weighted by Crippen LogP contribution is 2.31. The van der Waals surface area contributed by atoms with Crippen molar-refractivity contribution in [3.05, 3.63) is 89.4 Å². The molecular weight excluding hydrogens is 397 g/mol. The average Bonchev–Trinajstić information content (AvgIpc) is 2.77. The molecule has 4 aromatic rings. The largest absolute Gasteiger partial charge is 0.507 e. The number of benzene rings is 3. The maximum absolute atomic E-state index is 13.1. The van der Waals surface area contributed by atoms with Gasteiger partial charge in [-0.1, -0.05) is 0 Å². The minimum Gasteiger partial charge on any atom is -0.507 e. The lowest BCUT2D eigenvalue weighted by atomic mass is 10.1. The first-order chi connectivity index (χ1) is 14.9. The number of hydrogen-bond donors (Lipinski definition) is 1. The number of phenolic OH excluding ortho intramolecular Hbond substituents is 1. The molecule has 0 unspecified atom stereocenters. The van der Waals surface area contributed by atoms with Crippen LogP contribution in [0.1, 0.15) is 21.5 Å². The first-order valence-electron chi connectivity index (χ1n) is 9.49. The van der Waals surface area contributed by atoms with E-state index in [0.29, 0.717) is 28.0 Å². The number of ether oxygens (including phenoxy) is 1. The van der Waals surface area contributed by atoms with Gasteiger partial charge >= 0.3 is 5.97 Å². The van der Waals surface area contributed by atoms with E-state index in [2.05, 4.69) is 15.2 Å². The van der Waals surface area contributed by atoms with Gasteiger partial charge in [0.1, 0.15) is 17.3 Å². The Morgan fingerprint density at radius 1 is 1.00 bits per heavy atom. The summed E-state index contributed by atoms with van der Waals surface area (Å²) in [6, 6.07) is 15.4.